The first-order valence-electron chi connectivity index (χ1n) is 5.21. The Morgan fingerprint density at radius 1 is 1.50 bits per heavy atom. The van der Waals surface area contributed by atoms with Gasteiger partial charge in [0, 0.05) is 13.5 Å². The number of hydrogen-bond donors (Lipinski definition) is 0. The molecule has 0 N–H and O–H groups in total. The number of ketones is 2. The van der Waals surface area contributed by atoms with Crippen LogP contribution in [0.1, 0.15) is 44.3 Å². The van der Waals surface area contributed by atoms with Crippen molar-refractivity contribution in [3.8, 4) is 0 Å². The maximum atomic E-state index is 12.0. The Morgan fingerprint density at radius 2 is 2.17 bits per heavy atom. The van der Waals surface area contributed by atoms with Gasteiger partial charge in [0.05, 0.1) is 16.4 Å². The van der Waals surface area contributed by atoms with E-state index in [1.807, 2.05) is 17.5 Å². The number of Topliss-reactive ketones (excluding diaryl/α,β-unsaturated/α-hetero) is 2. The summed E-state index contributed by atoms with van der Waals surface area (Å²) in [4.78, 5) is 23.9. The van der Waals surface area contributed by atoms with Gasteiger partial charge in [0.2, 0.25) is 0 Å². The van der Waals surface area contributed by atoms with Gasteiger partial charge in [-0.3, -0.25) is 9.59 Å². The Balaban J connectivity index is 0.00000144. The van der Waals surface area contributed by atoms with Gasteiger partial charge in [-0.2, -0.15) is 0 Å². The van der Waals surface area contributed by atoms with Crippen LogP contribution in [-0.4, -0.2) is 24.3 Å². The van der Waals surface area contributed by atoms with Crippen LogP contribution in [0.15, 0.2) is 17.5 Å². The van der Waals surface area contributed by atoms with Gasteiger partial charge in [-0.25, -0.2) is 0 Å². The second-order valence-corrected chi connectivity index (χ2v) is 5.19. The van der Waals surface area contributed by atoms with Crippen LogP contribution in [0.4, 0.5) is 0 Å². The van der Waals surface area contributed by atoms with Gasteiger partial charge in [-0.1, -0.05) is 20.9 Å². The quantitative estimate of drug-likeness (QED) is 0.768. The van der Waals surface area contributed by atoms with Crippen LogP contribution < -0.4 is 0 Å². The molecule has 1 fully saturated rings. The maximum Gasteiger partial charge on any atom is 0.178 e. The summed E-state index contributed by atoms with van der Waals surface area (Å²) in [6.07, 6.45) is 1.01. The highest BCUT2D eigenvalue weighted by Crippen LogP contribution is 2.51. The lowest BCUT2D eigenvalue weighted by atomic mass is 10.1. The number of rotatable bonds is 5. The van der Waals surface area contributed by atoms with Crippen molar-refractivity contribution in [1.82, 2.24) is 0 Å². The van der Waals surface area contributed by atoms with Crippen LogP contribution in [0.2, 0.25) is 0 Å². The third-order valence-corrected chi connectivity index (χ3v) is 3.94. The second-order valence-electron chi connectivity index (χ2n) is 4.25. The molecule has 102 valence electrons. The summed E-state index contributed by atoms with van der Waals surface area (Å²) >= 11 is 1.44. The van der Waals surface area contributed by atoms with Gasteiger partial charge in [-0.15, -0.1) is 11.3 Å². The summed E-state index contributed by atoms with van der Waals surface area (Å²) in [5, 5.41) is 1.88. The van der Waals surface area contributed by atoms with Gasteiger partial charge in [0.1, 0.15) is 5.78 Å². The lowest BCUT2D eigenvalue weighted by Crippen LogP contribution is -2.22. The maximum absolute atomic E-state index is 12.0. The van der Waals surface area contributed by atoms with Crippen LogP contribution in [0, 0.1) is 5.92 Å². The number of hydrogen-bond acceptors (Lipinski definition) is 4. The molecule has 18 heavy (non-hydrogen) atoms. The van der Waals surface area contributed by atoms with Crippen molar-refractivity contribution < 1.29 is 14.3 Å². The van der Waals surface area contributed by atoms with E-state index in [4.69, 9.17) is 4.74 Å². The predicted octanol–water partition coefficient (Wildman–Crippen LogP) is 3.59. The molecule has 1 aromatic heterocycles. The SMILES string of the molecule is C.C.COC1(CC(C)=O)CC1C(=O)c1cccs1. The molecule has 0 spiro atoms. The molecule has 0 aromatic carbocycles. The summed E-state index contributed by atoms with van der Waals surface area (Å²) in [7, 11) is 1.57. The fourth-order valence-corrected chi connectivity index (χ4v) is 2.84. The molecule has 4 heteroatoms. The second kappa shape index (κ2) is 6.25. The molecule has 1 heterocycles. The number of carbonyl (C=O) groups excluding carboxylic acids is 2. The molecule has 0 aliphatic heterocycles. The lowest BCUT2D eigenvalue weighted by Gasteiger charge is -2.12. The van der Waals surface area contributed by atoms with Crippen molar-refractivity contribution in [2.45, 2.75) is 40.2 Å². The van der Waals surface area contributed by atoms with Crippen molar-refractivity contribution in [3.05, 3.63) is 22.4 Å². The molecule has 1 aliphatic rings. The Bertz CT molecular complexity index is 411. The van der Waals surface area contributed by atoms with E-state index >= 15 is 0 Å². The molecular formula is C14H22O3S. The molecule has 1 saturated carbocycles. The van der Waals surface area contributed by atoms with Crippen LogP contribution in [0.3, 0.4) is 0 Å². The standard InChI is InChI=1S/C12H14O3S.2CH4/c1-8(13)6-12(15-2)7-9(12)11(14)10-4-3-5-16-10;;/h3-5,9H,6-7H2,1-2H3;2*1H4. The Hall–Kier alpha value is -1.000. The fourth-order valence-electron chi connectivity index (χ4n) is 2.12. The van der Waals surface area contributed by atoms with E-state index in [-0.39, 0.29) is 32.3 Å². The highest BCUT2D eigenvalue weighted by Gasteiger charge is 2.59. The number of methoxy groups -OCH3 is 1. The Kier molecular flexibility index (Phi) is 5.90. The minimum atomic E-state index is -0.521. The van der Waals surface area contributed by atoms with E-state index in [9.17, 15) is 9.59 Å². The van der Waals surface area contributed by atoms with Gasteiger partial charge in [0.15, 0.2) is 5.78 Å². The number of carbonyl (C=O) groups is 2. The molecule has 0 radical (unpaired) electrons. The van der Waals surface area contributed by atoms with E-state index in [0.717, 1.165) is 4.88 Å². The highest BCUT2D eigenvalue weighted by molar-refractivity contribution is 7.12. The molecule has 3 nitrogen and oxygen atoms in total. The van der Waals surface area contributed by atoms with Crippen LogP contribution >= 0.6 is 11.3 Å². The molecule has 0 amide bonds. The molecule has 2 atom stereocenters. The average Bonchev–Trinajstić information content (AvgIpc) is 2.72. The summed E-state index contributed by atoms with van der Waals surface area (Å²) in [5.41, 5.74) is -0.521. The normalized spacial score (nSPS) is 24.7. The zero-order valence-corrected chi connectivity index (χ0v) is 10.2. The first kappa shape index (κ1) is 17.0. The van der Waals surface area contributed by atoms with Crippen LogP contribution in [0.5, 0.6) is 0 Å². The van der Waals surface area contributed by atoms with Gasteiger partial charge in [-0.05, 0) is 24.8 Å². The topological polar surface area (TPSA) is 43.4 Å². The predicted molar refractivity (Wildman–Crippen MR) is 75.3 cm³/mol. The lowest BCUT2D eigenvalue weighted by molar-refractivity contribution is -0.120. The molecule has 0 bridgehead atoms. The largest absolute Gasteiger partial charge is 0.377 e. The fraction of sp³-hybridized carbons (Fsp3) is 0.571. The minimum Gasteiger partial charge on any atom is -0.377 e. The highest BCUT2D eigenvalue weighted by atomic mass is 32.1. The number of ether oxygens (including phenoxy) is 1. The van der Waals surface area contributed by atoms with Crippen molar-refractivity contribution in [2.75, 3.05) is 7.11 Å². The van der Waals surface area contributed by atoms with E-state index in [0.29, 0.717) is 12.8 Å². The Labute approximate surface area is 113 Å². The summed E-state index contributed by atoms with van der Waals surface area (Å²) in [6, 6.07) is 3.68. The zero-order valence-electron chi connectivity index (χ0n) is 9.36. The summed E-state index contributed by atoms with van der Waals surface area (Å²) in [5.74, 6) is 0.0430. The molecule has 0 saturated heterocycles. The smallest absolute Gasteiger partial charge is 0.178 e. The third-order valence-electron chi connectivity index (χ3n) is 3.06. The van der Waals surface area contributed by atoms with Gasteiger partial charge >= 0.3 is 0 Å². The van der Waals surface area contributed by atoms with Gasteiger partial charge < -0.3 is 4.74 Å². The Morgan fingerprint density at radius 3 is 2.61 bits per heavy atom. The van der Waals surface area contributed by atoms with E-state index in [2.05, 4.69) is 0 Å². The van der Waals surface area contributed by atoms with E-state index < -0.39 is 5.60 Å². The third kappa shape index (κ3) is 3.06. The first-order valence-corrected chi connectivity index (χ1v) is 6.09. The van der Waals surface area contributed by atoms with Crippen molar-refractivity contribution in [2.24, 2.45) is 5.92 Å². The zero-order chi connectivity index (χ0) is 11.8. The number of thiophene rings is 1. The van der Waals surface area contributed by atoms with E-state index in [1.54, 1.807) is 7.11 Å². The molecule has 2 rings (SSSR count). The van der Waals surface area contributed by atoms with Crippen molar-refractivity contribution in [1.29, 1.82) is 0 Å². The van der Waals surface area contributed by atoms with Crippen molar-refractivity contribution in [3.63, 3.8) is 0 Å². The minimum absolute atomic E-state index is 0. The van der Waals surface area contributed by atoms with Crippen molar-refractivity contribution >= 4 is 22.9 Å². The molecule has 2 unspecified atom stereocenters. The molecule has 1 aliphatic carbocycles. The van der Waals surface area contributed by atoms with Gasteiger partial charge in [0.25, 0.3) is 0 Å². The van der Waals surface area contributed by atoms with E-state index in [1.165, 1.54) is 18.3 Å². The average molecular weight is 270 g/mol. The summed E-state index contributed by atoms with van der Waals surface area (Å²) in [6.45, 7) is 1.53. The monoisotopic (exact) mass is 270 g/mol. The van der Waals surface area contributed by atoms with Crippen LogP contribution in [-0.2, 0) is 9.53 Å². The van der Waals surface area contributed by atoms with Crippen LogP contribution in [0.25, 0.3) is 0 Å². The molecular weight excluding hydrogens is 248 g/mol. The summed E-state index contributed by atoms with van der Waals surface area (Å²) < 4.78 is 5.35. The molecule has 1 aromatic rings. The first-order chi connectivity index (χ1) is 7.59.